The summed E-state index contributed by atoms with van der Waals surface area (Å²) in [5.41, 5.74) is 0. The summed E-state index contributed by atoms with van der Waals surface area (Å²) in [5.74, 6) is 0.556. The Balaban J connectivity index is 2.24. The van der Waals surface area contributed by atoms with Gasteiger partial charge in [-0.3, -0.25) is 0 Å². The minimum absolute atomic E-state index is 0.556. The Morgan fingerprint density at radius 3 is 2.31 bits per heavy atom. The fourth-order valence-corrected chi connectivity index (χ4v) is 2.85. The molecule has 0 unspecified atom stereocenters. The first-order valence-electron chi connectivity index (χ1n) is 4.56. The lowest BCUT2D eigenvalue weighted by molar-refractivity contribution is 0.370. The summed E-state index contributed by atoms with van der Waals surface area (Å²) in [7, 11) is -2.99. The summed E-state index contributed by atoms with van der Waals surface area (Å²) in [6.45, 7) is 0.627. The molecular formula is C8H16INO2S. The molecule has 1 aliphatic carbocycles. The molecule has 13 heavy (non-hydrogen) atoms. The van der Waals surface area contributed by atoms with E-state index in [1.807, 2.05) is 0 Å². The molecule has 0 spiro atoms. The quantitative estimate of drug-likeness (QED) is 0.634. The van der Waals surface area contributed by atoms with E-state index in [1.54, 1.807) is 0 Å². The van der Waals surface area contributed by atoms with E-state index in [9.17, 15) is 8.42 Å². The number of sulfonamides is 1. The van der Waals surface area contributed by atoms with Crippen LogP contribution in [0.4, 0.5) is 0 Å². The molecule has 0 bridgehead atoms. The maximum atomic E-state index is 10.8. The highest BCUT2D eigenvalue weighted by Crippen LogP contribution is 2.28. The van der Waals surface area contributed by atoms with Crippen molar-refractivity contribution in [1.29, 1.82) is 0 Å². The number of halogens is 1. The van der Waals surface area contributed by atoms with E-state index in [0.29, 0.717) is 12.5 Å². The molecule has 1 N–H and O–H groups in total. The highest BCUT2D eigenvalue weighted by Gasteiger charge is 2.19. The molecule has 1 aliphatic rings. The number of hydrogen-bond donors (Lipinski definition) is 1. The maximum Gasteiger partial charge on any atom is 0.208 e. The Morgan fingerprint density at radius 2 is 1.85 bits per heavy atom. The van der Waals surface area contributed by atoms with Gasteiger partial charge in [0.2, 0.25) is 10.0 Å². The van der Waals surface area contributed by atoms with Gasteiger partial charge in [0.25, 0.3) is 0 Å². The SMILES string of the molecule is CS(=O)(=O)NCC1CCC(I)CC1. The minimum atomic E-state index is -2.99. The molecule has 1 fully saturated rings. The highest BCUT2D eigenvalue weighted by molar-refractivity contribution is 14.1. The van der Waals surface area contributed by atoms with Crippen LogP contribution in [0.1, 0.15) is 25.7 Å². The van der Waals surface area contributed by atoms with Gasteiger partial charge in [-0.2, -0.15) is 0 Å². The van der Waals surface area contributed by atoms with Gasteiger partial charge in [-0.1, -0.05) is 22.6 Å². The molecule has 0 amide bonds. The lowest BCUT2D eigenvalue weighted by atomic mass is 9.89. The Morgan fingerprint density at radius 1 is 1.31 bits per heavy atom. The van der Waals surface area contributed by atoms with E-state index in [0.717, 1.165) is 16.8 Å². The molecule has 0 heterocycles. The first-order valence-corrected chi connectivity index (χ1v) is 7.70. The summed E-state index contributed by atoms with van der Waals surface area (Å²) < 4.78 is 25.0. The Kier molecular flexibility index (Phi) is 4.44. The minimum Gasteiger partial charge on any atom is -0.215 e. The van der Waals surface area contributed by atoms with Crippen LogP contribution in [0.3, 0.4) is 0 Å². The van der Waals surface area contributed by atoms with Gasteiger partial charge < -0.3 is 0 Å². The first-order chi connectivity index (χ1) is 5.97. The summed E-state index contributed by atoms with van der Waals surface area (Å²) in [5, 5.41) is 0. The smallest absolute Gasteiger partial charge is 0.208 e. The highest BCUT2D eigenvalue weighted by atomic mass is 127. The lowest BCUT2D eigenvalue weighted by Crippen LogP contribution is -2.30. The van der Waals surface area contributed by atoms with Gasteiger partial charge in [0.1, 0.15) is 0 Å². The molecule has 1 rings (SSSR count). The average Bonchev–Trinajstić information content (AvgIpc) is 2.02. The van der Waals surface area contributed by atoms with Gasteiger partial charge >= 0.3 is 0 Å². The predicted octanol–water partition coefficient (Wildman–Crippen LogP) is 1.53. The van der Waals surface area contributed by atoms with Gasteiger partial charge in [-0.05, 0) is 31.6 Å². The summed E-state index contributed by atoms with van der Waals surface area (Å²) in [6, 6.07) is 0. The van der Waals surface area contributed by atoms with Gasteiger partial charge in [-0.25, -0.2) is 13.1 Å². The van der Waals surface area contributed by atoms with Gasteiger partial charge in [0, 0.05) is 10.5 Å². The molecule has 3 nitrogen and oxygen atoms in total. The van der Waals surface area contributed by atoms with Crippen molar-refractivity contribution < 1.29 is 8.42 Å². The molecule has 5 heteroatoms. The van der Waals surface area contributed by atoms with Crippen molar-refractivity contribution in [2.45, 2.75) is 29.6 Å². The number of alkyl halides is 1. The van der Waals surface area contributed by atoms with Gasteiger partial charge in [-0.15, -0.1) is 0 Å². The van der Waals surface area contributed by atoms with E-state index in [2.05, 4.69) is 27.3 Å². The van der Waals surface area contributed by atoms with Crippen molar-refractivity contribution in [3.63, 3.8) is 0 Å². The molecule has 0 radical (unpaired) electrons. The van der Waals surface area contributed by atoms with E-state index in [4.69, 9.17) is 0 Å². The van der Waals surface area contributed by atoms with Crippen LogP contribution in [-0.4, -0.2) is 25.1 Å². The molecule has 78 valence electrons. The van der Waals surface area contributed by atoms with Crippen LogP contribution >= 0.6 is 22.6 Å². The van der Waals surface area contributed by atoms with Crippen LogP contribution in [0.25, 0.3) is 0 Å². The molecule has 0 saturated heterocycles. The standard InChI is InChI=1S/C8H16INO2S/c1-13(11,12)10-6-7-2-4-8(9)5-3-7/h7-8,10H,2-6H2,1H3. The lowest BCUT2D eigenvalue weighted by Gasteiger charge is -2.24. The average molecular weight is 317 g/mol. The Hall–Kier alpha value is 0.640. The summed E-state index contributed by atoms with van der Waals surface area (Å²) >= 11 is 2.47. The third kappa shape index (κ3) is 5.17. The van der Waals surface area contributed by atoms with Crippen molar-refractivity contribution in [3.8, 4) is 0 Å². The number of hydrogen-bond acceptors (Lipinski definition) is 2. The third-order valence-corrected chi connectivity index (χ3v) is 4.35. The van der Waals surface area contributed by atoms with Crippen molar-refractivity contribution in [1.82, 2.24) is 4.72 Å². The van der Waals surface area contributed by atoms with Crippen molar-refractivity contribution >= 4 is 32.6 Å². The van der Waals surface area contributed by atoms with Gasteiger partial charge in [0.15, 0.2) is 0 Å². The topological polar surface area (TPSA) is 46.2 Å². The third-order valence-electron chi connectivity index (χ3n) is 2.41. The Bertz CT molecular complexity index is 245. The van der Waals surface area contributed by atoms with Crippen LogP contribution in [0, 0.1) is 5.92 Å². The van der Waals surface area contributed by atoms with E-state index in [-0.39, 0.29) is 0 Å². The normalized spacial score (nSPS) is 30.3. The molecule has 0 aliphatic heterocycles. The van der Waals surface area contributed by atoms with Crippen LogP contribution in [0.5, 0.6) is 0 Å². The largest absolute Gasteiger partial charge is 0.215 e. The number of nitrogens with one attached hydrogen (secondary N) is 1. The molecule has 0 aromatic heterocycles. The second-order valence-corrected chi connectivity index (χ2v) is 7.33. The van der Waals surface area contributed by atoms with E-state index in [1.165, 1.54) is 19.1 Å². The van der Waals surface area contributed by atoms with Gasteiger partial charge in [0.05, 0.1) is 6.26 Å². The fourth-order valence-electron chi connectivity index (χ4n) is 1.60. The monoisotopic (exact) mass is 317 g/mol. The van der Waals surface area contributed by atoms with Crippen molar-refractivity contribution in [3.05, 3.63) is 0 Å². The zero-order valence-corrected chi connectivity index (χ0v) is 10.8. The molecule has 1 saturated carbocycles. The molecule has 0 aromatic carbocycles. The summed E-state index contributed by atoms with van der Waals surface area (Å²) in [6.07, 6.45) is 6.01. The molecule has 0 atom stereocenters. The van der Waals surface area contributed by atoms with E-state index >= 15 is 0 Å². The maximum absolute atomic E-state index is 10.8. The van der Waals surface area contributed by atoms with Crippen molar-refractivity contribution in [2.24, 2.45) is 5.92 Å². The molecule has 0 aromatic rings. The van der Waals surface area contributed by atoms with E-state index < -0.39 is 10.0 Å². The zero-order valence-electron chi connectivity index (χ0n) is 7.79. The second kappa shape index (κ2) is 4.93. The predicted molar refractivity (Wildman–Crippen MR) is 62.6 cm³/mol. The number of rotatable bonds is 3. The van der Waals surface area contributed by atoms with Crippen molar-refractivity contribution in [2.75, 3.05) is 12.8 Å². The first kappa shape index (κ1) is 11.7. The van der Waals surface area contributed by atoms with Crippen LogP contribution in [-0.2, 0) is 10.0 Å². The summed E-state index contributed by atoms with van der Waals surface area (Å²) in [4.78, 5) is 0. The van der Waals surface area contributed by atoms with Crippen LogP contribution in [0.2, 0.25) is 0 Å². The molecular weight excluding hydrogens is 301 g/mol. The second-order valence-electron chi connectivity index (χ2n) is 3.74. The Labute approximate surface area is 93.9 Å². The zero-order chi connectivity index (χ0) is 9.90. The van der Waals surface area contributed by atoms with Crippen LogP contribution in [0.15, 0.2) is 0 Å². The fraction of sp³-hybridized carbons (Fsp3) is 1.00. The van der Waals surface area contributed by atoms with Crippen LogP contribution < -0.4 is 4.72 Å².